The van der Waals surface area contributed by atoms with Crippen LogP contribution >= 0.6 is 11.6 Å². The van der Waals surface area contributed by atoms with Gasteiger partial charge < -0.3 is 9.80 Å². The van der Waals surface area contributed by atoms with Crippen LogP contribution in [0.1, 0.15) is 0 Å². The lowest BCUT2D eigenvalue weighted by Gasteiger charge is -2.32. The van der Waals surface area contributed by atoms with Gasteiger partial charge in [-0.1, -0.05) is 17.7 Å². The Kier molecular flexibility index (Phi) is 3.71. The van der Waals surface area contributed by atoms with Crippen molar-refractivity contribution in [1.82, 2.24) is 0 Å². The molecule has 2 nitrogen and oxygen atoms in total. The van der Waals surface area contributed by atoms with Gasteiger partial charge in [-0.15, -0.1) is 6.42 Å². The Morgan fingerprint density at radius 3 is 2.75 bits per heavy atom. The van der Waals surface area contributed by atoms with E-state index in [2.05, 4.69) is 16.9 Å². The van der Waals surface area contributed by atoms with Crippen LogP contribution in [0.25, 0.3) is 0 Å². The molecule has 2 rings (SSSR count). The molecule has 1 heterocycles. The van der Waals surface area contributed by atoms with Crippen molar-refractivity contribution in [3.05, 3.63) is 29.3 Å². The number of anilines is 1. The molecule has 1 fully saturated rings. The zero-order valence-corrected chi connectivity index (χ0v) is 10.0. The van der Waals surface area contributed by atoms with Crippen molar-refractivity contribution in [2.45, 2.75) is 0 Å². The molecular formula is C13H16ClN2+. The largest absolute Gasteiger partial charge is 0.360 e. The molecule has 0 saturated carbocycles. The van der Waals surface area contributed by atoms with Crippen LogP contribution < -0.4 is 9.80 Å². The van der Waals surface area contributed by atoms with Crippen LogP contribution in [0.3, 0.4) is 0 Å². The van der Waals surface area contributed by atoms with Crippen molar-refractivity contribution < 1.29 is 4.90 Å². The van der Waals surface area contributed by atoms with E-state index in [9.17, 15) is 0 Å². The minimum absolute atomic E-state index is 0.802. The van der Waals surface area contributed by atoms with E-state index in [4.69, 9.17) is 18.0 Å². The quantitative estimate of drug-likeness (QED) is 0.741. The summed E-state index contributed by atoms with van der Waals surface area (Å²) in [6.45, 7) is 5.16. The molecule has 1 N–H and O–H groups in total. The van der Waals surface area contributed by atoms with Gasteiger partial charge >= 0.3 is 0 Å². The van der Waals surface area contributed by atoms with Crippen molar-refractivity contribution in [3.8, 4) is 12.3 Å². The van der Waals surface area contributed by atoms with E-state index in [1.165, 1.54) is 10.6 Å². The first-order valence-electron chi connectivity index (χ1n) is 5.57. The average molecular weight is 236 g/mol. The molecule has 0 amide bonds. The summed E-state index contributed by atoms with van der Waals surface area (Å²) in [6, 6.07) is 8.04. The molecule has 0 radical (unpaired) electrons. The van der Waals surface area contributed by atoms with E-state index in [1.807, 2.05) is 18.2 Å². The molecule has 0 aromatic heterocycles. The number of quaternary nitrogens is 1. The van der Waals surface area contributed by atoms with Gasteiger partial charge in [-0.3, -0.25) is 0 Å². The molecule has 1 saturated heterocycles. The number of terminal acetylenes is 1. The fourth-order valence-corrected chi connectivity index (χ4v) is 2.26. The van der Waals surface area contributed by atoms with Crippen molar-refractivity contribution in [2.75, 3.05) is 37.6 Å². The molecule has 1 aromatic carbocycles. The van der Waals surface area contributed by atoms with E-state index in [0.29, 0.717) is 0 Å². The van der Waals surface area contributed by atoms with Crippen molar-refractivity contribution in [1.29, 1.82) is 0 Å². The molecular weight excluding hydrogens is 220 g/mol. The van der Waals surface area contributed by atoms with Gasteiger partial charge in [0.05, 0.1) is 26.2 Å². The molecule has 1 aromatic rings. The number of nitrogens with one attached hydrogen (secondary N) is 1. The first kappa shape index (κ1) is 11.3. The maximum atomic E-state index is 5.98. The second kappa shape index (κ2) is 5.25. The van der Waals surface area contributed by atoms with Crippen molar-refractivity contribution in [3.63, 3.8) is 0 Å². The summed E-state index contributed by atoms with van der Waals surface area (Å²) in [4.78, 5) is 3.87. The molecule has 1 aliphatic heterocycles. The molecule has 0 atom stereocenters. The molecule has 84 valence electrons. The summed E-state index contributed by atoms with van der Waals surface area (Å²) in [5.41, 5.74) is 1.22. The second-order valence-corrected chi connectivity index (χ2v) is 4.53. The van der Waals surface area contributed by atoms with Crippen molar-refractivity contribution >= 4 is 17.3 Å². The number of halogens is 1. The topological polar surface area (TPSA) is 7.68 Å². The summed E-state index contributed by atoms with van der Waals surface area (Å²) in [7, 11) is 0. The van der Waals surface area contributed by atoms with Gasteiger partial charge in [0.25, 0.3) is 0 Å². The zero-order valence-electron chi connectivity index (χ0n) is 9.25. The average Bonchev–Trinajstić information content (AvgIpc) is 2.30. The fourth-order valence-electron chi connectivity index (χ4n) is 2.08. The highest BCUT2D eigenvalue weighted by Crippen LogP contribution is 2.19. The molecule has 1 aliphatic rings. The summed E-state index contributed by atoms with van der Waals surface area (Å²) in [5.74, 6) is 2.72. The summed E-state index contributed by atoms with van der Waals surface area (Å²) in [6.07, 6.45) is 5.32. The third kappa shape index (κ3) is 2.69. The zero-order chi connectivity index (χ0) is 11.4. The molecule has 0 bridgehead atoms. The first-order valence-corrected chi connectivity index (χ1v) is 5.95. The standard InChI is InChI=1S/C13H15ClN2/c1-2-6-15-7-9-16(10-8-15)13-5-3-4-12(14)11-13/h1,3-5,11H,6-10H2/p+1. The Hall–Kier alpha value is -1.17. The summed E-state index contributed by atoms with van der Waals surface area (Å²) < 4.78 is 0. The lowest BCUT2D eigenvalue weighted by atomic mass is 10.2. The molecule has 0 unspecified atom stereocenters. The van der Waals surface area contributed by atoms with Crippen LogP contribution in [-0.4, -0.2) is 32.7 Å². The molecule has 3 heteroatoms. The van der Waals surface area contributed by atoms with Gasteiger partial charge in [0, 0.05) is 10.7 Å². The van der Waals surface area contributed by atoms with E-state index >= 15 is 0 Å². The lowest BCUT2D eigenvalue weighted by molar-refractivity contribution is -0.893. The minimum atomic E-state index is 0.802. The summed E-state index contributed by atoms with van der Waals surface area (Å²) >= 11 is 5.98. The number of benzene rings is 1. The van der Waals surface area contributed by atoms with Gasteiger partial charge in [0.2, 0.25) is 0 Å². The van der Waals surface area contributed by atoms with Gasteiger partial charge in [-0.05, 0) is 24.1 Å². The highest BCUT2D eigenvalue weighted by Gasteiger charge is 2.18. The molecule has 16 heavy (non-hydrogen) atoms. The Balaban J connectivity index is 1.97. The molecule has 0 spiro atoms. The Bertz CT molecular complexity index is 389. The molecule has 0 aliphatic carbocycles. The van der Waals surface area contributed by atoms with Crippen molar-refractivity contribution in [2.24, 2.45) is 0 Å². The Labute approximate surface area is 102 Å². The fraction of sp³-hybridized carbons (Fsp3) is 0.385. The highest BCUT2D eigenvalue weighted by atomic mass is 35.5. The maximum Gasteiger partial charge on any atom is 0.139 e. The van der Waals surface area contributed by atoms with Crippen LogP contribution in [0.15, 0.2) is 24.3 Å². The van der Waals surface area contributed by atoms with Gasteiger partial charge in [0.1, 0.15) is 6.54 Å². The summed E-state index contributed by atoms with van der Waals surface area (Å²) in [5, 5.41) is 0.802. The van der Waals surface area contributed by atoms with Crippen LogP contribution in [0.5, 0.6) is 0 Å². The maximum absolute atomic E-state index is 5.98. The smallest absolute Gasteiger partial charge is 0.139 e. The SMILES string of the molecule is C#CC[NH+]1CCN(c2cccc(Cl)c2)CC1. The monoisotopic (exact) mass is 235 g/mol. The van der Waals surface area contributed by atoms with E-state index in [-0.39, 0.29) is 0 Å². The number of rotatable bonds is 2. The van der Waals surface area contributed by atoms with Crippen LogP contribution in [0.4, 0.5) is 5.69 Å². The van der Waals surface area contributed by atoms with Crippen LogP contribution in [-0.2, 0) is 0 Å². The number of hydrogen-bond acceptors (Lipinski definition) is 1. The van der Waals surface area contributed by atoms with E-state index in [0.717, 1.165) is 37.7 Å². The predicted molar refractivity (Wildman–Crippen MR) is 68.1 cm³/mol. The highest BCUT2D eigenvalue weighted by molar-refractivity contribution is 6.30. The number of nitrogens with zero attached hydrogens (tertiary/aromatic N) is 1. The first-order chi connectivity index (χ1) is 7.79. The normalized spacial score (nSPS) is 17.1. The number of piperazine rings is 1. The van der Waals surface area contributed by atoms with Gasteiger partial charge in [-0.2, -0.15) is 0 Å². The van der Waals surface area contributed by atoms with E-state index < -0.39 is 0 Å². The third-order valence-corrected chi connectivity index (χ3v) is 3.23. The van der Waals surface area contributed by atoms with Gasteiger partial charge in [-0.25, -0.2) is 0 Å². The van der Waals surface area contributed by atoms with E-state index in [1.54, 1.807) is 0 Å². The van der Waals surface area contributed by atoms with Crippen LogP contribution in [0, 0.1) is 12.3 Å². The minimum Gasteiger partial charge on any atom is -0.360 e. The number of hydrogen-bond donors (Lipinski definition) is 1. The Morgan fingerprint density at radius 1 is 1.38 bits per heavy atom. The second-order valence-electron chi connectivity index (χ2n) is 4.10. The Morgan fingerprint density at radius 2 is 2.12 bits per heavy atom. The van der Waals surface area contributed by atoms with Gasteiger partial charge in [0.15, 0.2) is 0 Å². The third-order valence-electron chi connectivity index (χ3n) is 3.00. The lowest BCUT2D eigenvalue weighted by Crippen LogP contribution is -3.14. The predicted octanol–water partition coefficient (Wildman–Crippen LogP) is 0.678. The van der Waals surface area contributed by atoms with Crippen LogP contribution in [0.2, 0.25) is 5.02 Å².